The van der Waals surface area contributed by atoms with E-state index in [9.17, 15) is 4.79 Å². The standard InChI is InChI=1S/C27H20N6O2/c1-33(17-8-10-18(35-2)11-9-17)27(34)30-16-7-12-21-22(15-16)32-26-20-6-4-14-29-24(20)23-19(25(26)31-21)5-3-13-28-23/h3-15H,1-2H3,(H,30,34). The number of benzene rings is 3. The van der Waals surface area contributed by atoms with Crippen molar-refractivity contribution < 1.29 is 9.53 Å². The quantitative estimate of drug-likeness (QED) is 0.275. The summed E-state index contributed by atoms with van der Waals surface area (Å²) in [5, 5.41) is 4.73. The van der Waals surface area contributed by atoms with E-state index in [-0.39, 0.29) is 6.03 Å². The molecule has 170 valence electrons. The molecule has 6 rings (SSSR count). The smallest absolute Gasteiger partial charge is 0.326 e. The zero-order valence-corrected chi connectivity index (χ0v) is 19.1. The van der Waals surface area contributed by atoms with Crippen molar-refractivity contribution in [1.82, 2.24) is 19.9 Å². The summed E-state index contributed by atoms with van der Waals surface area (Å²) in [4.78, 5) is 33.4. The Morgan fingerprint density at radius 3 is 2.06 bits per heavy atom. The van der Waals surface area contributed by atoms with Crippen LogP contribution in [0.1, 0.15) is 0 Å². The highest BCUT2D eigenvalue weighted by Gasteiger charge is 2.15. The van der Waals surface area contributed by atoms with E-state index in [1.807, 2.05) is 66.7 Å². The highest BCUT2D eigenvalue weighted by molar-refractivity contribution is 6.21. The first-order chi connectivity index (χ1) is 17.1. The minimum Gasteiger partial charge on any atom is -0.497 e. The largest absolute Gasteiger partial charge is 0.497 e. The molecule has 0 unspecified atom stereocenters. The van der Waals surface area contributed by atoms with E-state index in [1.165, 1.54) is 4.90 Å². The number of hydrogen-bond donors (Lipinski definition) is 1. The van der Waals surface area contributed by atoms with Gasteiger partial charge in [0.2, 0.25) is 0 Å². The van der Waals surface area contributed by atoms with Crippen LogP contribution >= 0.6 is 0 Å². The number of aromatic nitrogens is 4. The molecule has 3 aromatic carbocycles. The van der Waals surface area contributed by atoms with Gasteiger partial charge in [-0.15, -0.1) is 0 Å². The van der Waals surface area contributed by atoms with Crippen LogP contribution in [0.15, 0.2) is 79.1 Å². The van der Waals surface area contributed by atoms with Gasteiger partial charge in [0.15, 0.2) is 0 Å². The number of rotatable bonds is 3. The molecule has 0 aliphatic rings. The third-order valence-corrected chi connectivity index (χ3v) is 6.03. The molecule has 0 spiro atoms. The minimum absolute atomic E-state index is 0.269. The zero-order chi connectivity index (χ0) is 23.9. The van der Waals surface area contributed by atoms with Crippen molar-refractivity contribution in [3.63, 3.8) is 0 Å². The molecule has 0 fully saturated rings. The van der Waals surface area contributed by atoms with Gasteiger partial charge in [0.05, 0.1) is 40.2 Å². The molecule has 1 N–H and O–H groups in total. The Morgan fingerprint density at radius 1 is 0.800 bits per heavy atom. The van der Waals surface area contributed by atoms with Crippen LogP contribution in [0, 0.1) is 0 Å². The molecular weight excluding hydrogens is 440 g/mol. The van der Waals surface area contributed by atoms with E-state index in [4.69, 9.17) is 14.7 Å². The number of urea groups is 1. The Labute approximate surface area is 200 Å². The maximum Gasteiger partial charge on any atom is 0.326 e. The van der Waals surface area contributed by atoms with Gasteiger partial charge in [0, 0.05) is 41.6 Å². The lowest BCUT2D eigenvalue weighted by molar-refractivity contribution is 0.258. The monoisotopic (exact) mass is 460 g/mol. The van der Waals surface area contributed by atoms with E-state index >= 15 is 0 Å². The first kappa shape index (κ1) is 20.7. The molecule has 0 saturated heterocycles. The van der Waals surface area contributed by atoms with Crippen LogP contribution in [0.4, 0.5) is 16.2 Å². The van der Waals surface area contributed by atoms with Gasteiger partial charge >= 0.3 is 6.03 Å². The van der Waals surface area contributed by atoms with Gasteiger partial charge in [-0.3, -0.25) is 14.9 Å². The lowest BCUT2D eigenvalue weighted by Crippen LogP contribution is -2.31. The molecule has 6 aromatic rings. The molecule has 0 saturated carbocycles. The molecule has 0 bridgehead atoms. The van der Waals surface area contributed by atoms with Gasteiger partial charge in [-0.25, -0.2) is 14.8 Å². The number of carbonyl (C=O) groups is 1. The maximum absolute atomic E-state index is 12.9. The Balaban J connectivity index is 1.41. The summed E-state index contributed by atoms with van der Waals surface area (Å²) in [6.07, 6.45) is 3.51. The number of pyridine rings is 2. The van der Waals surface area contributed by atoms with Gasteiger partial charge in [-0.2, -0.15) is 0 Å². The second-order valence-corrected chi connectivity index (χ2v) is 8.11. The van der Waals surface area contributed by atoms with Crippen molar-refractivity contribution in [2.24, 2.45) is 0 Å². The van der Waals surface area contributed by atoms with Gasteiger partial charge in [0.1, 0.15) is 5.75 Å². The molecule has 35 heavy (non-hydrogen) atoms. The minimum atomic E-state index is -0.269. The number of nitrogens with zero attached hydrogens (tertiary/aromatic N) is 5. The average Bonchev–Trinajstić information content (AvgIpc) is 2.92. The van der Waals surface area contributed by atoms with Crippen LogP contribution in [0.2, 0.25) is 0 Å². The zero-order valence-electron chi connectivity index (χ0n) is 19.1. The second-order valence-electron chi connectivity index (χ2n) is 8.11. The third kappa shape index (κ3) is 3.52. The van der Waals surface area contributed by atoms with Crippen LogP contribution in [0.5, 0.6) is 5.75 Å². The average molecular weight is 460 g/mol. The van der Waals surface area contributed by atoms with Gasteiger partial charge in [0.25, 0.3) is 0 Å². The molecule has 0 aliphatic carbocycles. The van der Waals surface area contributed by atoms with Crippen LogP contribution < -0.4 is 15.0 Å². The third-order valence-electron chi connectivity index (χ3n) is 6.03. The summed E-state index contributed by atoms with van der Waals surface area (Å²) >= 11 is 0. The number of anilines is 2. The Kier molecular flexibility index (Phi) is 4.84. The van der Waals surface area contributed by atoms with E-state index in [1.54, 1.807) is 26.6 Å². The first-order valence-electron chi connectivity index (χ1n) is 11.0. The normalized spacial score (nSPS) is 11.3. The van der Waals surface area contributed by atoms with Gasteiger partial charge in [-0.1, -0.05) is 0 Å². The summed E-state index contributed by atoms with van der Waals surface area (Å²) in [5.41, 5.74) is 5.89. The predicted octanol–water partition coefficient (Wildman–Crippen LogP) is 5.56. The number of nitrogens with one attached hydrogen (secondary N) is 1. The Morgan fingerprint density at radius 2 is 1.43 bits per heavy atom. The van der Waals surface area contributed by atoms with Crippen molar-refractivity contribution in [2.45, 2.75) is 0 Å². The fourth-order valence-corrected chi connectivity index (χ4v) is 4.21. The number of amides is 2. The van der Waals surface area contributed by atoms with Crippen molar-refractivity contribution in [3.8, 4) is 5.75 Å². The van der Waals surface area contributed by atoms with E-state index < -0.39 is 0 Å². The van der Waals surface area contributed by atoms with Crippen molar-refractivity contribution in [2.75, 3.05) is 24.4 Å². The SMILES string of the molecule is COc1ccc(N(C)C(=O)Nc2ccc3nc4c5cccnc5c5ncccc5c4nc3c2)cc1. The Hall–Kier alpha value is -4.85. The first-order valence-corrected chi connectivity index (χ1v) is 11.0. The molecule has 3 heterocycles. The van der Waals surface area contributed by atoms with E-state index in [0.29, 0.717) is 11.2 Å². The van der Waals surface area contributed by atoms with Crippen LogP contribution in [-0.4, -0.2) is 40.1 Å². The molecular formula is C27H20N6O2. The Bertz CT molecular complexity index is 1750. The molecule has 2 amide bonds. The molecule has 0 atom stereocenters. The molecule has 8 heteroatoms. The van der Waals surface area contributed by atoms with Crippen molar-refractivity contribution >= 4 is 61.3 Å². The fraction of sp³-hybridized carbons (Fsp3) is 0.0741. The lowest BCUT2D eigenvalue weighted by atomic mass is 10.1. The van der Waals surface area contributed by atoms with Crippen LogP contribution in [-0.2, 0) is 0 Å². The summed E-state index contributed by atoms with van der Waals surface area (Å²) in [7, 11) is 3.32. The second kappa shape index (κ2) is 8.18. The summed E-state index contributed by atoms with van der Waals surface area (Å²) in [6.45, 7) is 0. The van der Waals surface area contributed by atoms with Crippen LogP contribution in [0.3, 0.4) is 0 Å². The fourth-order valence-electron chi connectivity index (χ4n) is 4.21. The lowest BCUT2D eigenvalue weighted by Gasteiger charge is -2.18. The number of methoxy groups -OCH3 is 1. The molecule has 0 radical (unpaired) electrons. The molecule has 8 nitrogen and oxygen atoms in total. The van der Waals surface area contributed by atoms with Crippen molar-refractivity contribution in [1.29, 1.82) is 0 Å². The van der Waals surface area contributed by atoms with Gasteiger partial charge < -0.3 is 10.1 Å². The maximum atomic E-state index is 12.9. The van der Waals surface area contributed by atoms with Crippen LogP contribution in [0.25, 0.3) is 43.9 Å². The van der Waals surface area contributed by atoms with Crippen molar-refractivity contribution in [3.05, 3.63) is 79.1 Å². The van der Waals surface area contributed by atoms with Gasteiger partial charge in [-0.05, 0) is 66.7 Å². The molecule has 0 aliphatic heterocycles. The highest BCUT2D eigenvalue weighted by Crippen LogP contribution is 2.32. The number of ether oxygens (including phenoxy) is 1. The summed E-state index contributed by atoms with van der Waals surface area (Å²) < 4.78 is 5.19. The predicted molar refractivity (Wildman–Crippen MR) is 138 cm³/mol. The van der Waals surface area contributed by atoms with E-state index in [2.05, 4.69) is 15.3 Å². The number of carbonyl (C=O) groups excluding carboxylic acids is 1. The number of hydrogen-bond acceptors (Lipinski definition) is 6. The highest BCUT2D eigenvalue weighted by atomic mass is 16.5. The summed E-state index contributed by atoms with van der Waals surface area (Å²) in [5.74, 6) is 0.731. The topological polar surface area (TPSA) is 93.1 Å². The summed E-state index contributed by atoms with van der Waals surface area (Å²) in [6, 6.07) is 20.3. The number of fused-ring (bicyclic) bond motifs is 7. The molecule has 3 aromatic heterocycles. The van der Waals surface area contributed by atoms with E-state index in [0.717, 1.165) is 49.8 Å².